The monoisotopic (exact) mass is 402 g/mol. The van der Waals surface area contributed by atoms with Crippen LogP contribution in [0.25, 0.3) is 11.4 Å². The average molecular weight is 403 g/mol. The third-order valence-corrected chi connectivity index (χ3v) is 7.03. The average Bonchev–Trinajstić information content (AvgIpc) is 3.13. The van der Waals surface area contributed by atoms with Gasteiger partial charge in [0, 0.05) is 54.4 Å². The molecule has 2 aliphatic carbocycles. The number of fused-ring (bicyclic) bond motifs is 5. The molecule has 4 nitrogen and oxygen atoms in total. The van der Waals surface area contributed by atoms with Gasteiger partial charge in [-0.2, -0.15) is 0 Å². The summed E-state index contributed by atoms with van der Waals surface area (Å²) in [5.41, 5.74) is 8.09. The molecule has 0 radical (unpaired) electrons. The zero-order chi connectivity index (χ0) is 20.8. The van der Waals surface area contributed by atoms with E-state index >= 15 is 0 Å². The Morgan fingerprint density at radius 2 is 1.10 bits per heavy atom. The van der Waals surface area contributed by atoms with Crippen LogP contribution in [-0.2, 0) is 5.41 Å². The van der Waals surface area contributed by atoms with E-state index < -0.39 is 0 Å². The van der Waals surface area contributed by atoms with Crippen molar-refractivity contribution in [2.75, 3.05) is 0 Å². The number of hydrogen-bond donors (Lipinski definition) is 0. The molecule has 2 aliphatic rings. The molecule has 1 spiro atoms. The van der Waals surface area contributed by atoms with Gasteiger partial charge in [0.2, 0.25) is 0 Å². The second-order valence-corrected chi connectivity index (χ2v) is 8.49. The molecule has 31 heavy (non-hydrogen) atoms. The van der Waals surface area contributed by atoms with Gasteiger partial charge in [0.05, 0.1) is 11.4 Å². The number of pyridine rings is 4. The zero-order valence-corrected chi connectivity index (χ0v) is 17.1. The van der Waals surface area contributed by atoms with Crippen LogP contribution in [0.4, 0.5) is 0 Å². The minimum Gasteiger partial charge on any atom is -0.265 e. The summed E-state index contributed by atoms with van der Waals surface area (Å²) < 4.78 is 0. The van der Waals surface area contributed by atoms with Gasteiger partial charge in [0.15, 0.2) is 0 Å². The molecule has 4 heteroatoms. The normalized spacial score (nSPS) is 21.0. The Kier molecular flexibility index (Phi) is 4.06. The summed E-state index contributed by atoms with van der Waals surface area (Å²) in [5.74, 6) is 0.423. The van der Waals surface area contributed by atoms with E-state index in [9.17, 15) is 0 Å². The lowest BCUT2D eigenvalue weighted by molar-refractivity contribution is 0.298. The molecule has 0 amide bonds. The van der Waals surface area contributed by atoms with Crippen LogP contribution < -0.4 is 0 Å². The third kappa shape index (κ3) is 2.54. The highest BCUT2D eigenvalue weighted by atomic mass is 14.8. The molecule has 2 unspecified atom stereocenters. The van der Waals surface area contributed by atoms with Gasteiger partial charge in [0.1, 0.15) is 0 Å². The maximum absolute atomic E-state index is 4.82. The molecule has 6 rings (SSSR count). The summed E-state index contributed by atoms with van der Waals surface area (Å²) >= 11 is 0. The largest absolute Gasteiger partial charge is 0.265 e. The fraction of sp³-hybridized carbons (Fsp3) is 0.185. The van der Waals surface area contributed by atoms with Gasteiger partial charge >= 0.3 is 0 Å². The van der Waals surface area contributed by atoms with Crippen LogP contribution >= 0.6 is 0 Å². The summed E-state index contributed by atoms with van der Waals surface area (Å²) in [7, 11) is 0. The number of nitrogens with zero attached hydrogens (tertiary/aromatic N) is 4. The summed E-state index contributed by atoms with van der Waals surface area (Å²) in [6.45, 7) is 4.47. The summed E-state index contributed by atoms with van der Waals surface area (Å²) in [6, 6.07) is 17.2. The van der Waals surface area contributed by atoms with Crippen molar-refractivity contribution in [1.82, 2.24) is 19.9 Å². The van der Waals surface area contributed by atoms with Crippen molar-refractivity contribution in [1.29, 1.82) is 0 Å². The molecule has 4 aromatic heterocycles. The topological polar surface area (TPSA) is 51.6 Å². The molecule has 1 fully saturated rings. The van der Waals surface area contributed by atoms with Gasteiger partial charge in [0.25, 0.3) is 0 Å². The van der Waals surface area contributed by atoms with Crippen LogP contribution in [0.2, 0.25) is 0 Å². The first-order valence-electron chi connectivity index (χ1n) is 10.7. The van der Waals surface area contributed by atoms with Crippen molar-refractivity contribution in [3.05, 3.63) is 120 Å². The third-order valence-electron chi connectivity index (χ3n) is 7.03. The van der Waals surface area contributed by atoms with Crippen molar-refractivity contribution in [3.63, 3.8) is 0 Å². The maximum atomic E-state index is 4.82. The minimum absolute atomic E-state index is 0.211. The molecule has 2 atom stereocenters. The summed E-state index contributed by atoms with van der Waals surface area (Å²) in [5, 5.41) is 0. The van der Waals surface area contributed by atoms with E-state index in [-0.39, 0.29) is 17.3 Å². The van der Waals surface area contributed by atoms with Crippen LogP contribution in [0, 0.1) is 0 Å². The first-order chi connectivity index (χ1) is 15.3. The Hall–Kier alpha value is -3.66. The lowest BCUT2D eigenvalue weighted by atomic mass is 9.52. The Labute approximate surface area is 181 Å². The molecule has 0 aliphatic heterocycles. The molecule has 0 aromatic carbocycles. The molecular formula is C27H22N4. The van der Waals surface area contributed by atoms with Crippen molar-refractivity contribution in [2.45, 2.75) is 30.1 Å². The van der Waals surface area contributed by atoms with E-state index in [1.54, 1.807) is 0 Å². The number of aromatic nitrogens is 4. The lowest BCUT2D eigenvalue weighted by Crippen LogP contribution is -2.43. The second kappa shape index (κ2) is 6.95. The standard InChI is InChI=1S/C27H22N4/c1-18-16-23(19-6-12-28-13-7-19)27(24(17-18)20-8-14-29-15-9-20)21-4-2-10-30-25(21)26-22(27)5-3-11-31-26/h2-15,23-24H,1,16-17H2. The van der Waals surface area contributed by atoms with Gasteiger partial charge in [-0.1, -0.05) is 24.3 Å². The molecule has 0 bridgehead atoms. The first-order valence-corrected chi connectivity index (χ1v) is 10.7. The van der Waals surface area contributed by atoms with Crippen molar-refractivity contribution >= 4 is 0 Å². The number of rotatable bonds is 2. The Balaban J connectivity index is 1.73. The van der Waals surface area contributed by atoms with Gasteiger partial charge in [-0.05, 0) is 71.5 Å². The van der Waals surface area contributed by atoms with E-state index in [4.69, 9.17) is 9.97 Å². The van der Waals surface area contributed by atoms with Gasteiger partial charge < -0.3 is 0 Å². The summed E-state index contributed by atoms with van der Waals surface area (Å²) in [6.07, 6.45) is 13.2. The predicted octanol–water partition coefficient (Wildman–Crippen LogP) is 5.45. The van der Waals surface area contributed by atoms with Gasteiger partial charge in [-0.25, -0.2) is 0 Å². The van der Waals surface area contributed by atoms with Crippen molar-refractivity contribution < 1.29 is 0 Å². The smallest absolute Gasteiger partial charge is 0.0930 e. The molecular weight excluding hydrogens is 380 g/mol. The number of allylic oxidation sites excluding steroid dienone is 1. The molecule has 4 aromatic rings. The second-order valence-electron chi connectivity index (χ2n) is 8.49. The Morgan fingerprint density at radius 3 is 1.55 bits per heavy atom. The predicted molar refractivity (Wildman–Crippen MR) is 121 cm³/mol. The molecule has 150 valence electrons. The minimum atomic E-state index is -0.281. The summed E-state index contributed by atoms with van der Waals surface area (Å²) in [4.78, 5) is 18.2. The highest BCUT2D eigenvalue weighted by Gasteiger charge is 2.57. The fourth-order valence-electron chi connectivity index (χ4n) is 5.93. The van der Waals surface area contributed by atoms with Crippen LogP contribution in [0.3, 0.4) is 0 Å². The van der Waals surface area contributed by atoms with Gasteiger partial charge in [-0.3, -0.25) is 19.9 Å². The highest BCUT2D eigenvalue weighted by molar-refractivity contribution is 5.77. The maximum Gasteiger partial charge on any atom is 0.0930 e. The van der Waals surface area contributed by atoms with E-state index in [2.05, 4.69) is 65.1 Å². The molecule has 0 saturated heterocycles. The van der Waals surface area contributed by atoms with Crippen LogP contribution in [0.15, 0.2) is 97.9 Å². The zero-order valence-electron chi connectivity index (χ0n) is 17.1. The van der Waals surface area contributed by atoms with Crippen LogP contribution in [0.1, 0.15) is 46.9 Å². The quantitative estimate of drug-likeness (QED) is 0.418. The van der Waals surface area contributed by atoms with E-state index in [1.165, 1.54) is 27.8 Å². The molecule has 0 N–H and O–H groups in total. The lowest BCUT2D eigenvalue weighted by Gasteiger charge is -2.50. The van der Waals surface area contributed by atoms with E-state index in [0.717, 1.165) is 24.2 Å². The molecule has 4 heterocycles. The van der Waals surface area contributed by atoms with E-state index in [0.29, 0.717) is 0 Å². The first kappa shape index (κ1) is 18.1. The van der Waals surface area contributed by atoms with Crippen molar-refractivity contribution in [3.8, 4) is 11.4 Å². The fourth-order valence-corrected chi connectivity index (χ4v) is 5.93. The SMILES string of the molecule is C=C1CC(c2ccncc2)C2(c3cccnc3-c3ncccc32)C(c2ccncc2)C1. The van der Waals surface area contributed by atoms with Gasteiger partial charge in [-0.15, -0.1) is 0 Å². The van der Waals surface area contributed by atoms with Crippen LogP contribution in [-0.4, -0.2) is 19.9 Å². The Morgan fingerprint density at radius 1 is 0.645 bits per heavy atom. The Bertz CT molecular complexity index is 1170. The van der Waals surface area contributed by atoms with Crippen molar-refractivity contribution in [2.24, 2.45) is 0 Å². The van der Waals surface area contributed by atoms with E-state index in [1.807, 2.05) is 37.2 Å². The highest BCUT2D eigenvalue weighted by Crippen LogP contribution is 2.65. The van der Waals surface area contributed by atoms with Crippen LogP contribution in [0.5, 0.6) is 0 Å². The number of hydrogen-bond acceptors (Lipinski definition) is 4. The molecule has 1 saturated carbocycles.